The van der Waals surface area contributed by atoms with Crippen LogP contribution in [0.5, 0.6) is 0 Å². The van der Waals surface area contributed by atoms with E-state index in [0.29, 0.717) is 6.54 Å². The molecule has 0 unspecified atom stereocenters. The van der Waals surface area contributed by atoms with Gasteiger partial charge in [0.25, 0.3) is 17.0 Å². The number of amides is 1. The zero-order valence-corrected chi connectivity index (χ0v) is 13.5. The molecule has 0 radical (unpaired) electrons. The predicted octanol–water partition coefficient (Wildman–Crippen LogP) is 0.00520. The lowest BCUT2D eigenvalue weighted by atomic mass is 10.2. The Morgan fingerprint density at radius 1 is 1.21 bits per heavy atom. The third-order valence-corrected chi connectivity index (χ3v) is 3.24. The quantitative estimate of drug-likeness (QED) is 0.723. The minimum Gasteiger partial charge on any atom is -0.454 e. The molecule has 0 aliphatic rings. The highest BCUT2D eigenvalue weighted by atomic mass is 16.5. The largest absolute Gasteiger partial charge is 0.454 e. The van der Waals surface area contributed by atoms with Crippen molar-refractivity contribution in [3.8, 4) is 0 Å². The monoisotopic (exact) mass is 333 g/mol. The van der Waals surface area contributed by atoms with Crippen LogP contribution in [-0.4, -0.2) is 34.8 Å². The van der Waals surface area contributed by atoms with Crippen LogP contribution in [0, 0.1) is 5.92 Å². The van der Waals surface area contributed by atoms with Crippen molar-refractivity contribution in [3.05, 3.63) is 45.0 Å². The molecule has 24 heavy (non-hydrogen) atoms. The minimum absolute atomic E-state index is 0.212. The molecule has 0 saturated carbocycles. The van der Waals surface area contributed by atoms with Crippen molar-refractivity contribution >= 4 is 22.6 Å². The van der Waals surface area contributed by atoms with Gasteiger partial charge in [0.15, 0.2) is 6.61 Å². The number of H-pyrrole nitrogens is 1. The molecule has 1 aromatic carbocycles. The third-order valence-electron chi connectivity index (χ3n) is 3.24. The second-order valence-corrected chi connectivity index (χ2v) is 5.74. The van der Waals surface area contributed by atoms with E-state index in [1.807, 2.05) is 13.8 Å². The molecule has 0 aliphatic carbocycles. The Kier molecular flexibility index (Phi) is 5.51. The van der Waals surface area contributed by atoms with Crippen molar-refractivity contribution in [1.82, 2.24) is 15.1 Å². The summed E-state index contributed by atoms with van der Waals surface area (Å²) in [6.45, 7) is 3.45. The van der Waals surface area contributed by atoms with Crippen LogP contribution < -0.4 is 16.4 Å². The maximum Gasteiger partial charge on any atom is 0.328 e. The van der Waals surface area contributed by atoms with Gasteiger partial charge in [-0.15, -0.1) is 0 Å². The predicted molar refractivity (Wildman–Crippen MR) is 87.6 cm³/mol. The molecular formula is C16H19N3O5. The van der Waals surface area contributed by atoms with Crippen molar-refractivity contribution in [2.75, 3.05) is 13.2 Å². The lowest BCUT2D eigenvalue weighted by Gasteiger charge is -2.09. The number of hydrogen-bond acceptors (Lipinski definition) is 5. The van der Waals surface area contributed by atoms with Crippen LogP contribution in [0.1, 0.15) is 13.8 Å². The highest BCUT2D eigenvalue weighted by Crippen LogP contribution is 2.02. The number of nitrogens with one attached hydrogen (secondary N) is 2. The Bertz CT molecular complexity index is 866. The molecule has 2 aromatic rings. The number of aromatic amines is 1. The van der Waals surface area contributed by atoms with E-state index in [2.05, 4.69) is 10.4 Å². The van der Waals surface area contributed by atoms with Crippen LogP contribution in [0.2, 0.25) is 0 Å². The second kappa shape index (κ2) is 7.58. The van der Waals surface area contributed by atoms with Gasteiger partial charge in [0.2, 0.25) is 0 Å². The summed E-state index contributed by atoms with van der Waals surface area (Å²) in [7, 11) is 0. The van der Waals surface area contributed by atoms with Gasteiger partial charge in [-0.05, 0) is 18.1 Å². The number of carbonyl (C=O) groups is 2. The number of rotatable bonds is 6. The lowest BCUT2D eigenvalue weighted by molar-refractivity contribution is -0.149. The molecular weight excluding hydrogens is 314 g/mol. The van der Waals surface area contributed by atoms with Gasteiger partial charge in [0.1, 0.15) is 6.54 Å². The van der Waals surface area contributed by atoms with Gasteiger partial charge in [-0.25, -0.2) is 4.68 Å². The van der Waals surface area contributed by atoms with Gasteiger partial charge >= 0.3 is 5.97 Å². The SMILES string of the molecule is CC(C)CNC(=O)COC(=O)Cn1[nH]c(=O)c2ccccc2c1=O. The highest BCUT2D eigenvalue weighted by Gasteiger charge is 2.12. The summed E-state index contributed by atoms with van der Waals surface area (Å²) in [6, 6.07) is 6.31. The topological polar surface area (TPSA) is 110 Å². The van der Waals surface area contributed by atoms with Crippen LogP contribution in [0.4, 0.5) is 0 Å². The van der Waals surface area contributed by atoms with Crippen LogP contribution in [0.15, 0.2) is 33.9 Å². The number of nitrogens with zero attached hydrogens (tertiary/aromatic N) is 1. The molecule has 1 heterocycles. The van der Waals surface area contributed by atoms with E-state index in [0.717, 1.165) is 4.68 Å². The number of ether oxygens (including phenoxy) is 1. The Morgan fingerprint density at radius 2 is 1.88 bits per heavy atom. The van der Waals surface area contributed by atoms with Gasteiger partial charge < -0.3 is 10.1 Å². The molecule has 0 fully saturated rings. The Balaban J connectivity index is 2.03. The van der Waals surface area contributed by atoms with Crippen molar-refractivity contribution in [3.63, 3.8) is 0 Å². The van der Waals surface area contributed by atoms with Gasteiger partial charge in [-0.1, -0.05) is 26.0 Å². The fourth-order valence-corrected chi connectivity index (χ4v) is 2.05. The van der Waals surface area contributed by atoms with Crippen molar-refractivity contribution in [2.24, 2.45) is 5.92 Å². The summed E-state index contributed by atoms with van der Waals surface area (Å²) >= 11 is 0. The summed E-state index contributed by atoms with van der Waals surface area (Å²) in [6.07, 6.45) is 0. The fraction of sp³-hybridized carbons (Fsp3) is 0.375. The second-order valence-electron chi connectivity index (χ2n) is 5.74. The molecule has 0 saturated heterocycles. The van der Waals surface area contributed by atoms with Gasteiger partial charge in [0.05, 0.1) is 10.8 Å². The molecule has 0 aliphatic heterocycles. The first-order chi connectivity index (χ1) is 11.4. The lowest BCUT2D eigenvalue weighted by Crippen LogP contribution is -2.35. The van der Waals surface area contributed by atoms with E-state index in [9.17, 15) is 19.2 Å². The molecule has 0 spiro atoms. The first kappa shape index (κ1) is 17.5. The van der Waals surface area contributed by atoms with E-state index < -0.39 is 36.1 Å². The van der Waals surface area contributed by atoms with Crippen LogP contribution in [0.3, 0.4) is 0 Å². The minimum atomic E-state index is -0.789. The van der Waals surface area contributed by atoms with Gasteiger partial charge in [-0.3, -0.25) is 24.3 Å². The summed E-state index contributed by atoms with van der Waals surface area (Å²) in [5.41, 5.74) is -0.987. The molecule has 2 N–H and O–H groups in total. The van der Waals surface area contributed by atoms with Crippen molar-refractivity contribution in [1.29, 1.82) is 0 Å². The maximum absolute atomic E-state index is 12.2. The maximum atomic E-state index is 12.2. The van der Waals surface area contributed by atoms with E-state index in [1.165, 1.54) is 12.1 Å². The average molecular weight is 333 g/mol. The number of fused-ring (bicyclic) bond motifs is 1. The standard InChI is InChI=1S/C16H19N3O5/c1-10(2)7-17-13(20)9-24-14(21)8-19-16(23)12-6-4-3-5-11(12)15(22)18-19/h3-6,10H,7-9H2,1-2H3,(H,17,20)(H,18,22). The Labute approximate surface area is 137 Å². The van der Waals surface area contributed by atoms with Crippen molar-refractivity contribution < 1.29 is 14.3 Å². The van der Waals surface area contributed by atoms with E-state index in [1.54, 1.807) is 12.1 Å². The molecule has 8 heteroatoms. The summed E-state index contributed by atoms with van der Waals surface area (Å²) in [5.74, 6) is -0.926. The van der Waals surface area contributed by atoms with Crippen molar-refractivity contribution in [2.45, 2.75) is 20.4 Å². The molecule has 128 valence electrons. The molecule has 0 bridgehead atoms. The van der Waals surface area contributed by atoms with Crippen LogP contribution in [-0.2, 0) is 20.9 Å². The normalized spacial score (nSPS) is 10.8. The number of carbonyl (C=O) groups excluding carboxylic acids is 2. The number of aromatic nitrogens is 2. The highest BCUT2D eigenvalue weighted by molar-refractivity contribution is 5.81. The zero-order chi connectivity index (χ0) is 17.7. The van der Waals surface area contributed by atoms with Gasteiger partial charge in [0, 0.05) is 6.54 Å². The molecule has 1 amide bonds. The average Bonchev–Trinajstić information content (AvgIpc) is 2.55. The Morgan fingerprint density at radius 3 is 2.54 bits per heavy atom. The van der Waals surface area contributed by atoms with Crippen LogP contribution in [0.25, 0.3) is 10.8 Å². The van der Waals surface area contributed by atoms with Crippen LogP contribution >= 0.6 is 0 Å². The smallest absolute Gasteiger partial charge is 0.328 e. The summed E-state index contributed by atoms with van der Waals surface area (Å²) < 4.78 is 5.69. The van der Waals surface area contributed by atoms with E-state index in [4.69, 9.17) is 4.74 Å². The van der Waals surface area contributed by atoms with E-state index in [-0.39, 0.29) is 16.7 Å². The number of benzene rings is 1. The third kappa shape index (κ3) is 4.31. The van der Waals surface area contributed by atoms with E-state index >= 15 is 0 Å². The number of hydrogen-bond donors (Lipinski definition) is 2. The first-order valence-electron chi connectivity index (χ1n) is 7.52. The number of esters is 1. The Hall–Kier alpha value is -2.90. The summed E-state index contributed by atoms with van der Waals surface area (Å²) in [5, 5.41) is 5.39. The molecule has 0 atom stereocenters. The zero-order valence-electron chi connectivity index (χ0n) is 13.5. The fourth-order valence-electron chi connectivity index (χ4n) is 2.05. The molecule has 1 aromatic heterocycles. The first-order valence-corrected chi connectivity index (χ1v) is 7.52. The summed E-state index contributed by atoms with van der Waals surface area (Å²) in [4.78, 5) is 47.4. The molecule has 2 rings (SSSR count). The molecule has 8 nitrogen and oxygen atoms in total. The van der Waals surface area contributed by atoms with Gasteiger partial charge in [-0.2, -0.15) is 0 Å².